The van der Waals surface area contributed by atoms with Gasteiger partial charge in [-0.25, -0.2) is 0 Å². The first-order chi connectivity index (χ1) is 10.3. The lowest BCUT2D eigenvalue weighted by molar-refractivity contribution is 1.11. The minimum Gasteiger partial charge on any atom is -0.320 e. The molecular formula is C20H17N. The molecule has 4 aromatic rings. The second-order valence-corrected chi connectivity index (χ2v) is 5.60. The van der Waals surface area contributed by atoms with Crippen molar-refractivity contribution in [2.45, 2.75) is 13.8 Å². The Kier molecular flexibility index (Phi) is 2.61. The molecule has 0 atom stereocenters. The molecule has 0 saturated heterocycles. The molecule has 0 N–H and O–H groups in total. The highest BCUT2D eigenvalue weighted by molar-refractivity contribution is 5.89. The number of aromatic nitrogens is 1. The molecule has 0 saturated carbocycles. The Labute approximate surface area is 124 Å². The molecule has 0 aliphatic rings. The number of fused-ring (bicyclic) bond motifs is 2. The third-order valence-corrected chi connectivity index (χ3v) is 4.38. The van der Waals surface area contributed by atoms with Gasteiger partial charge in [-0.05, 0) is 53.9 Å². The molecule has 0 aliphatic heterocycles. The Morgan fingerprint density at radius 3 is 2.33 bits per heavy atom. The highest BCUT2D eigenvalue weighted by atomic mass is 14.9. The zero-order valence-corrected chi connectivity index (χ0v) is 12.3. The van der Waals surface area contributed by atoms with E-state index < -0.39 is 0 Å². The molecule has 0 amide bonds. The minimum atomic E-state index is 1.29. The van der Waals surface area contributed by atoms with Crippen molar-refractivity contribution in [1.82, 2.24) is 4.40 Å². The Morgan fingerprint density at radius 2 is 1.52 bits per heavy atom. The van der Waals surface area contributed by atoms with Crippen LogP contribution in [-0.4, -0.2) is 4.40 Å². The minimum absolute atomic E-state index is 1.29. The fourth-order valence-electron chi connectivity index (χ4n) is 3.33. The van der Waals surface area contributed by atoms with Gasteiger partial charge in [0, 0.05) is 23.0 Å². The lowest BCUT2D eigenvalue weighted by Gasteiger charge is -2.05. The van der Waals surface area contributed by atoms with Crippen molar-refractivity contribution >= 4 is 16.3 Å². The molecule has 1 heteroatoms. The first kappa shape index (κ1) is 12.2. The van der Waals surface area contributed by atoms with Gasteiger partial charge in [0.1, 0.15) is 0 Å². The lowest BCUT2D eigenvalue weighted by atomic mass is 9.98. The van der Waals surface area contributed by atoms with Crippen molar-refractivity contribution < 1.29 is 0 Å². The van der Waals surface area contributed by atoms with Crippen LogP contribution in [0.2, 0.25) is 0 Å². The van der Waals surface area contributed by atoms with E-state index in [-0.39, 0.29) is 0 Å². The van der Waals surface area contributed by atoms with Crippen LogP contribution in [0.1, 0.15) is 11.3 Å². The van der Waals surface area contributed by atoms with Gasteiger partial charge in [-0.3, -0.25) is 0 Å². The molecule has 0 aliphatic carbocycles. The van der Waals surface area contributed by atoms with E-state index in [2.05, 4.69) is 85.1 Å². The summed E-state index contributed by atoms with van der Waals surface area (Å²) in [7, 11) is 0. The first-order valence-corrected chi connectivity index (χ1v) is 7.31. The van der Waals surface area contributed by atoms with Crippen molar-refractivity contribution in [3.8, 4) is 11.1 Å². The summed E-state index contributed by atoms with van der Waals surface area (Å²) in [5.41, 5.74) is 6.60. The van der Waals surface area contributed by atoms with Crippen LogP contribution in [-0.2, 0) is 0 Å². The summed E-state index contributed by atoms with van der Waals surface area (Å²) < 4.78 is 2.28. The van der Waals surface area contributed by atoms with Crippen LogP contribution in [0.5, 0.6) is 0 Å². The maximum atomic E-state index is 2.30. The lowest BCUT2D eigenvalue weighted by Crippen LogP contribution is -1.86. The van der Waals surface area contributed by atoms with Gasteiger partial charge in [0.25, 0.3) is 0 Å². The highest BCUT2D eigenvalue weighted by Crippen LogP contribution is 2.33. The van der Waals surface area contributed by atoms with Crippen molar-refractivity contribution in [3.63, 3.8) is 0 Å². The summed E-state index contributed by atoms with van der Waals surface area (Å²) in [5, 5.41) is 2.59. The third-order valence-electron chi connectivity index (χ3n) is 4.38. The second kappa shape index (κ2) is 4.49. The van der Waals surface area contributed by atoms with Crippen LogP contribution in [0.4, 0.5) is 0 Å². The van der Waals surface area contributed by atoms with Crippen LogP contribution in [0.15, 0.2) is 66.9 Å². The smallest absolute Gasteiger partial charge is 0.0488 e. The van der Waals surface area contributed by atoms with E-state index in [9.17, 15) is 0 Å². The van der Waals surface area contributed by atoms with Crippen LogP contribution in [0, 0.1) is 13.8 Å². The zero-order chi connectivity index (χ0) is 14.4. The summed E-state index contributed by atoms with van der Waals surface area (Å²) in [6.45, 7) is 4.41. The Morgan fingerprint density at radius 1 is 0.762 bits per heavy atom. The fourth-order valence-corrected chi connectivity index (χ4v) is 3.33. The van der Waals surface area contributed by atoms with Crippen molar-refractivity contribution in [2.24, 2.45) is 0 Å². The molecule has 1 nitrogen and oxygen atoms in total. The van der Waals surface area contributed by atoms with E-state index in [0.29, 0.717) is 0 Å². The van der Waals surface area contributed by atoms with Crippen LogP contribution < -0.4 is 0 Å². The van der Waals surface area contributed by atoms with Crippen LogP contribution in [0.3, 0.4) is 0 Å². The molecular weight excluding hydrogens is 254 g/mol. The van der Waals surface area contributed by atoms with Gasteiger partial charge in [-0.1, -0.05) is 42.5 Å². The van der Waals surface area contributed by atoms with Gasteiger partial charge < -0.3 is 4.40 Å². The number of nitrogens with zero attached hydrogens (tertiary/aromatic N) is 1. The molecule has 0 unspecified atom stereocenters. The molecule has 102 valence electrons. The maximum Gasteiger partial charge on any atom is 0.0488 e. The normalized spacial score (nSPS) is 11.3. The summed E-state index contributed by atoms with van der Waals surface area (Å²) in [5.74, 6) is 0. The standard InChI is InChI=1S/C20H17N/c1-14-19-9-5-6-12-21(19)15(2)20(14)18-11-10-16-7-3-4-8-17(16)13-18/h3-13H,1-2H3. The summed E-state index contributed by atoms with van der Waals surface area (Å²) >= 11 is 0. The highest BCUT2D eigenvalue weighted by Gasteiger charge is 2.13. The van der Waals surface area contributed by atoms with Crippen molar-refractivity contribution in [1.29, 1.82) is 0 Å². The predicted molar refractivity (Wildman–Crippen MR) is 89.8 cm³/mol. The third kappa shape index (κ3) is 1.78. The van der Waals surface area contributed by atoms with Gasteiger partial charge in [-0.2, -0.15) is 0 Å². The molecule has 21 heavy (non-hydrogen) atoms. The van der Waals surface area contributed by atoms with Gasteiger partial charge >= 0.3 is 0 Å². The van der Waals surface area contributed by atoms with Crippen LogP contribution in [0.25, 0.3) is 27.4 Å². The van der Waals surface area contributed by atoms with Crippen molar-refractivity contribution in [2.75, 3.05) is 0 Å². The number of hydrogen-bond donors (Lipinski definition) is 0. The average Bonchev–Trinajstić information content (AvgIpc) is 2.79. The number of rotatable bonds is 1. The molecule has 2 aromatic carbocycles. The van der Waals surface area contributed by atoms with E-state index in [1.807, 2.05) is 0 Å². The predicted octanol–water partition coefficient (Wildman–Crippen LogP) is 5.38. The van der Waals surface area contributed by atoms with E-state index in [1.54, 1.807) is 0 Å². The quantitative estimate of drug-likeness (QED) is 0.438. The molecule has 4 rings (SSSR count). The Balaban J connectivity index is 2.04. The summed E-state index contributed by atoms with van der Waals surface area (Å²) in [6.07, 6.45) is 2.14. The monoisotopic (exact) mass is 271 g/mol. The second-order valence-electron chi connectivity index (χ2n) is 5.60. The van der Waals surface area contributed by atoms with Gasteiger partial charge in [0.2, 0.25) is 0 Å². The maximum absolute atomic E-state index is 2.30. The largest absolute Gasteiger partial charge is 0.320 e. The SMILES string of the molecule is Cc1c(-c2ccc3ccccc3c2)c(C)n2ccccc12. The average molecular weight is 271 g/mol. The zero-order valence-electron chi connectivity index (χ0n) is 12.3. The van der Waals surface area contributed by atoms with E-state index in [1.165, 1.54) is 38.7 Å². The number of hydrogen-bond acceptors (Lipinski definition) is 0. The summed E-state index contributed by atoms with van der Waals surface area (Å²) in [4.78, 5) is 0. The molecule has 2 aromatic heterocycles. The van der Waals surface area contributed by atoms with E-state index >= 15 is 0 Å². The molecule has 0 radical (unpaired) electrons. The molecule has 0 fully saturated rings. The number of benzene rings is 2. The first-order valence-electron chi connectivity index (χ1n) is 7.31. The Hall–Kier alpha value is -2.54. The number of aryl methyl sites for hydroxylation is 2. The van der Waals surface area contributed by atoms with Gasteiger partial charge in [0.05, 0.1) is 0 Å². The van der Waals surface area contributed by atoms with E-state index in [4.69, 9.17) is 0 Å². The van der Waals surface area contributed by atoms with Crippen molar-refractivity contribution in [3.05, 3.63) is 78.1 Å². The van der Waals surface area contributed by atoms with Crippen LogP contribution >= 0.6 is 0 Å². The Bertz CT molecular complexity index is 921. The number of pyridine rings is 1. The molecule has 0 bridgehead atoms. The van der Waals surface area contributed by atoms with Gasteiger partial charge in [0.15, 0.2) is 0 Å². The topological polar surface area (TPSA) is 4.41 Å². The fraction of sp³-hybridized carbons (Fsp3) is 0.100. The summed E-state index contributed by atoms with van der Waals surface area (Å²) in [6, 6.07) is 21.6. The molecule has 0 spiro atoms. The van der Waals surface area contributed by atoms with Gasteiger partial charge in [-0.15, -0.1) is 0 Å². The van der Waals surface area contributed by atoms with E-state index in [0.717, 1.165) is 0 Å². The molecule has 2 heterocycles.